The number of carbonyl (C=O) groups is 3. The molecular formula is C18H28N2O7. The van der Waals surface area contributed by atoms with Gasteiger partial charge in [0.15, 0.2) is 0 Å². The summed E-state index contributed by atoms with van der Waals surface area (Å²) in [7, 11) is 5.28. The molecule has 2 rings (SSSR count). The summed E-state index contributed by atoms with van der Waals surface area (Å²) in [6.07, 6.45) is 2.66. The van der Waals surface area contributed by atoms with Crippen LogP contribution in [-0.2, 0) is 28.6 Å². The first-order valence-corrected chi connectivity index (χ1v) is 9.04. The van der Waals surface area contributed by atoms with Crippen molar-refractivity contribution in [1.82, 2.24) is 5.32 Å². The van der Waals surface area contributed by atoms with E-state index >= 15 is 0 Å². The highest BCUT2D eigenvalue weighted by Crippen LogP contribution is 2.39. The van der Waals surface area contributed by atoms with Gasteiger partial charge in [0.05, 0.1) is 58.5 Å². The quantitative estimate of drug-likeness (QED) is 0.191. The predicted molar refractivity (Wildman–Crippen MR) is 92.1 cm³/mol. The molecule has 2 aliphatic rings. The number of hydrogen-bond acceptors (Lipinski definition) is 7. The molecule has 2 aliphatic heterocycles. The maximum Gasteiger partial charge on any atom is 0.312 e. The number of quaternary nitrogens is 1. The Morgan fingerprint density at radius 2 is 1.78 bits per heavy atom. The highest BCUT2D eigenvalue weighted by atomic mass is 16.6. The molecule has 0 aromatic heterocycles. The number of carboxylic acids is 1. The zero-order valence-corrected chi connectivity index (χ0v) is 16.0. The minimum atomic E-state index is -1.09. The molecule has 0 spiro atoms. The first-order valence-electron chi connectivity index (χ1n) is 9.04. The average Bonchev–Trinajstić information content (AvgIpc) is 3.21. The monoisotopic (exact) mass is 384 g/mol. The topological polar surface area (TPSA) is 114 Å². The first-order chi connectivity index (χ1) is 12.7. The summed E-state index contributed by atoms with van der Waals surface area (Å²) < 4.78 is 16.2. The number of rotatable bonds is 11. The molecule has 1 fully saturated rings. The van der Waals surface area contributed by atoms with Crippen LogP contribution in [0.3, 0.4) is 0 Å². The Morgan fingerprint density at radius 1 is 1.11 bits per heavy atom. The van der Waals surface area contributed by atoms with Crippen LogP contribution in [0.25, 0.3) is 0 Å². The van der Waals surface area contributed by atoms with Crippen LogP contribution >= 0.6 is 0 Å². The Labute approximate surface area is 158 Å². The van der Waals surface area contributed by atoms with Crippen LogP contribution in [0.1, 0.15) is 6.42 Å². The second kappa shape index (κ2) is 9.29. The molecule has 9 heteroatoms. The van der Waals surface area contributed by atoms with Crippen molar-refractivity contribution in [3.05, 3.63) is 12.2 Å². The van der Waals surface area contributed by atoms with Gasteiger partial charge in [-0.15, -0.1) is 0 Å². The Balaban J connectivity index is 1.87. The lowest BCUT2D eigenvalue weighted by Crippen LogP contribution is -2.49. The molecule has 9 nitrogen and oxygen atoms in total. The van der Waals surface area contributed by atoms with Gasteiger partial charge in [-0.1, -0.05) is 12.2 Å². The number of nitrogens with one attached hydrogen (secondary N) is 1. The van der Waals surface area contributed by atoms with Crippen molar-refractivity contribution < 1.29 is 38.2 Å². The fraction of sp³-hybridized carbons (Fsp3) is 0.722. The molecule has 27 heavy (non-hydrogen) atoms. The van der Waals surface area contributed by atoms with Crippen molar-refractivity contribution in [3.63, 3.8) is 0 Å². The smallest absolute Gasteiger partial charge is 0.312 e. The number of amides is 1. The highest BCUT2D eigenvalue weighted by Gasteiger charge is 2.53. The molecule has 2 unspecified atom stereocenters. The van der Waals surface area contributed by atoms with Gasteiger partial charge >= 0.3 is 5.97 Å². The van der Waals surface area contributed by atoms with E-state index in [1.54, 1.807) is 12.2 Å². The number of carbonyl (C=O) groups excluding carboxylic acids is 3. The van der Waals surface area contributed by atoms with Gasteiger partial charge < -0.3 is 33.9 Å². The van der Waals surface area contributed by atoms with E-state index in [1.165, 1.54) is 7.11 Å². The van der Waals surface area contributed by atoms with Crippen LogP contribution in [0, 0.1) is 11.8 Å². The van der Waals surface area contributed by atoms with Gasteiger partial charge in [-0.25, -0.2) is 0 Å². The molecule has 0 radical (unpaired) electrons. The van der Waals surface area contributed by atoms with E-state index in [0.717, 1.165) is 0 Å². The van der Waals surface area contributed by atoms with Crippen LogP contribution in [0.2, 0.25) is 0 Å². The molecule has 1 amide bonds. The zero-order chi connectivity index (χ0) is 20.0. The Bertz CT molecular complexity index is 590. The zero-order valence-electron chi connectivity index (χ0n) is 16.0. The Morgan fingerprint density at radius 3 is 2.41 bits per heavy atom. The molecule has 0 aliphatic carbocycles. The second-order valence-electron chi connectivity index (χ2n) is 7.46. The third-order valence-electron chi connectivity index (χ3n) is 4.94. The maximum absolute atomic E-state index is 12.7. The number of likely N-dealkylation sites (N-methyl/N-ethyl adjacent to an activating group) is 1. The van der Waals surface area contributed by atoms with Crippen molar-refractivity contribution in [3.8, 4) is 0 Å². The number of carboxylic acid groups (broad SMARTS) is 1. The summed E-state index contributed by atoms with van der Waals surface area (Å²) in [6, 6.07) is 0. The molecule has 2 bridgehead atoms. The van der Waals surface area contributed by atoms with Crippen molar-refractivity contribution in [2.24, 2.45) is 11.8 Å². The number of methoxy groups -OCH3 is 1. The van der Waals surface area contributed by atoms with Crippen LogP contribution in [-0.4, -0.2) is 88.6 Å². The van der Waals surface area contributed by atoms with E-state index in [2.05, 4.69) is 5.32 Å². The number of fused-ring (bicyclic) bond motifs is 2. The summed E-state index contributed by atoms with van der Waals surface area (Å²) in [5.41, 5.74) is 0. The van der Waals surface area contributed by atoms with Crippen LogP contribution in [0.4, 0.5) is 0 Å². The standard InChI is InChI=1S/C18H28N2O7/c1-20(2,8-6-14(21)22)9-7-19-17(23)15-12-4-5-13(27-12)16(15)18(24)26-11-10-25-3/h4-5,12-13,15-16H,6-11H2,1-3H3,(H-,19,21,22,23)/t12-,13+,15?,16?/m0/s1. The van der Waals surface area contributed by atoms with Gasteiger partial charge in [-0.3, -0.25) is 9.59 Å². The van der Waals surface area contributed by atoms with Gasteiger partial charge in [0, 0.05) is 19.5 Å². The van der Waals surface area contributed by atoms with Crippen molar-refractivity contribution in [1.29, 1.82) is 0 Å². The largest absolute Gasteiger partial charge is 0.550 e. The van der Waals surface area contributed by atoms with Crippen LogP contribution in [0.5, 0.6) is 0 Å². The SMILES string of the molecule is COCCOC(=O)C1C(C(=O)NCC[N+](C)(C)CCC(=O)[O-])[C@@H]2C=C[C@H]1O2. The number of nitrogens with zero attached hydrogens (tertiary/aromatic N) is 1. The number of aliphatic carboxylic acids is 1. The summed E-state index contributed by atoms with van der Waals surface area (Å²) >= 11 is 0. The Kier molecular flexibility index (Phi) is 7.34. The van der Waals surface area contributed by atoms with E-state index in [9.17, 15) is 19.5 Å². The van der Waals surface area contributed by atoms with E-state index in [-0.39, 0.29) is 18.9 Å². The fourth-order valence-corrected chi connectivity index (χ4v) is 3.33. The second-order valence-corrected chi connectivity index (χ2v) is 7.46. The molecule has 152 valence electrons. The molecule has 0 aromatic carbocycles. The van der Waals surface area contributed by atoms with Gasteiger partial charge in [-0.05, 0) is 0 Å². The normalized spacial score (nSPS) is 26.2. The minimum absolute atomic E-state index is 0.0403. The Hall–Kier alpha value is -1.97. The molecule has 0 saturated carbocycles. The molecule has 2 heterocycles. The molecule has 1 saturated heterocycles. The van der Waals surface area contributed by atoms with Gasteiger partial charge in [0.25, 0.3) is 0 Å². The highest BCUT2D eigenvalue weighted by molar-refractivity contribution is 5.88. The third-order valence-corrected chi connectivity index (χ3v) is 4.94. The van der Waals surface area contributed by atoms with E-state index in [1.807, 2.05) is 14.1 Å². The van der Waals surface area contributed by atoms with E-state index < -0.39 is 36.0 Å². The van der Waals surface area contributed by atoms with Gasteiger partial charge in [-0.2, -0.15) is 0 Å². The van der Waals surface area contributed by atoms with Crippen LogP contribution in [0.15, 0.2) is 12.2 Å². The predicted octanol–water partition coefficient (Wildman–Crippen LogP) is -1.92. The average molecular weight is 384 g/mol. The van der Waals surface area contributed by atoms with Crippen molar-refractivity contribution >= 4 is 17.8 Å². The lowest BCUT2D eigenvalue weighted by molar-refractivity contribution is -0.888. The van der Waals surface area contributed by atoms with Gasteiger partial charge in [0.1, 0.15) is 12.5 Å². The van der Waals surface area contributed by atoms with Crippen molar-refractivity contribution in [2.45, 2.75) is 18.6 Å². The van der Waals surface area contributed by atoms with E-state index in [0.29, 0.717) is 30.7 Å². The summed E-state index contributed by atoms with van der Waals surface area (Å²) in [5, 5.41) is 13.4. The number of ether oxygens (including phenoxy) is 3. The van der Waals surface area contributed by atoms with Gasteiger partial charge in [0.2, 0.25) is 5.91 Å². The number of hydrogen-bond donors (Lipinski definition) is 1. The molecule has 0 aromatic rings. The molecule has 4 atom stereocenters. The fourth-order valence-electron chi connectivity index (χ4n) is 3.33. The number of esters is 1. The van der Waals surface area contributed by atoms with Crippen LogP contribution < -0.4 is 10.4 Å². The maximum atomic E-state index is 12.7. The molecular weight excluding hydrogens is 356 g/mol. The third kappa shape index (κ3) is 5.75. The van der Waals surface area contributed by atoms with E-state index in [4.69, 9.17) is 14.2 Å². The summed E-state index contributed by atoms with van der Waals surface area (Å²) in [4.78, 5) is 35.6. The lowest BCUT2D eigenvalue weighted by atomic mass is 9.82. The minimum Gasteiger partial charge on any atom is -0.550 e. The molecule has 1 N–H and O–H groups in total. The summed E-state index contributed by atoms with van der Waals surface area (Å²) in [6.45, 7) is 1.75. The lowest BCUT2D eigenvalue weighted by Gasteiger charge is -2.30. The summed E-state index contributed by atoms with van der Waals surface area (Å²) in [5.74, 6) is -3.12. The first kappa shape index (κ1) is 21.3. The van der Waals surface area contributed by atoms with Crippen molar-refractivity contribution in [2.75, 3.05) is 54.1 Å².